The average Bonchev–Trinajstić information content (AvgIpc) is 2.93. The summed E-state index contributed by atoms with van der Waals surface area (Å²) in [5.41, 5.74) is 8.13. The van der Waals surface area contributed by atoms with Crippen molar-refractivity contribution in [3.63, 3.8) is 0 Å². The summed E-state index contributed by atoms with van der Waals surface area (Å²) < 4.78 is 1.63. The number of nitriles is 1. The molecule has 0 aliphatic rings. The van der Waals surface area contributed by atoms with E-state index in [1.54, 1.807) is 11.7 Å². The lowest BCUT2D eigenvalue weighted by Crippen LogP contribution is -2.41. The van der Waals surface area contributed by atoms with E-state index in [9.17, 15) is 5.26 Å². The van der Waals surface area contributed by atoms with Gasteiger partial charge < -0.3 is 16.4 Å². The number of para-hydroxylation sites is 1. The molecule has 1 aromatic carbocycles. The van der Waals surface area contributed by atoms with E-state index in [1.165, 1.54) is 0 Å². The van der Waals surface area contributed by atoms with E-state index in [4.69, 9.17) is 5.73 Å². The Kier molecular flexibility index (Phi) is 8.92. The maximum absolute atomic E-state index is 9.41. The number of benzene rings is 1. The molecule has 0 spiro atoms. The number of nitrogen functional groups attached to an aromatic ring is 1. The third-order valence-corrected chi connectivity index (χ3v) is 3.64. The molecule has 140 valence electrons. The fraction of sp³-hybridized carbons (Fsp3) is 0.389. The van der Waals surface area contributed by atoms with Gasteiger partial charge in [0.1, 0.15) is 17.5 Å². The molecule has 0 aliphatic heterocycles. The van der Waals surface area contributed by atoms with Crippen molar-refractivity contribution < 1.29 is 0 Å². The van der Waals surface area contributed by atoms with Crippen LogP contribution in [0.15, 0.2) is 35.3 Å². The number of nitrogens with two attached hydrogens (primary N) is 1. The molecule has 0 atom stereocenters. The quantitative estimate of drug-likeness (QED) is 0.262. The molecule has 0 unspecified atom stereocenters. The minimum absolute atomic E-state index is 0. The standard InChI is InChI=1S/C18H25N7.HI/c1-13(2)23-18(21-3)22-11-7-10-16-15(12-19)17(20)25(24-16)14-8-5-4-6-9-14;/h4-6,8-9,13H,7,10-11,20H2,1-3H3,(H2,21,22,23);1H. The molecular formula is C18H26IN7. The third kappa shape index (κ3) is 5.62. The summed E-state index contributed by atoms with van der Waals surface area (Å²) in [6.45, 7) is 4.85. The Morgan fingerprint density at radius 2 is 2.04 bits per heavy atom. The van der Waals surface area contributed by atoms with Crippen LogP contribution in [0.1, 0.15) is 31.5 Å². The first-order valence-corrected chi connectivity index (χ1v) is 8.37. The van der Waals surface area contributed by atoms with E-state index in [1.807, 2.05) is 30.3 Å². The Morgan fingerprint density at radius 1 is 1.35 bits per heavy atom. The van der Waals surface area contributed by atoms with Crippen LogP contribution < -0.4 is 16.4 Å². The van der Waals surface area contributed by atoms with Crippen molar-refractivity contribution in [2.75, 3.05) is 19.3 Å². The average molecular weight is 467 g/mol. The van der Waals surface area contributed by atoms with Gasteiger partial charge in [-0.15, -0.1) is 24.0 Å². The van der Waals surface area contributed by atoms with Crippen molar-refractivity contribution in [1.82, 2.24) is 20.4 Å². The predicted octanol–water partition coefficient (Wildman–Crippen LogP) is 2.45. The number of halogens is 1. The van der Waals surface area contributed by atoms with Crippen molar-refractivity contribution in [1.29, 1.82) is 5.26 Å². The molecule has 7 nitrogen and oxygen atoms in total. The first-order chi connectivity index (χ1) is 12.1. The van der Waals surface area contributed by atoms with Crippen LogP contribution in [-0.4, -0.2) is 35.4 Å². The highest BCUT2D eigenvalue weighted by atomic mass is 127. The van der Waals surface area contributed by atoms with Crippen LogP contribution in [0.5, 0.6) is 0 Å². The molecule has 26 heavy (non-hydrogen) atoms. The SMILES string of the molecule is CN=C(NCCCc1nn(-c2ccccc2)c(N)c1C#N)NC(C)C.I. The zero-order valence-corrected chi connectivity index (χ0v) is 17.7. The smallest absolute Gasteiger partial charge is 0.191 e. The Hall–Kier alpha value is -2.28. The van der Waals surface area contributed by atoms with E-state index in [0.29, 0.717) is 23.8 Å². The van der Waals surface area contributed by atoms with Gasteiger partial charge in [-0.3, -0.25) is 4.99 Å². The van der Waals surface area contributed by atoms with Crippen LogP contribution in [0.3, 0.4) is 0 Å². The Labute approximate surface area is 171 Å². The van der Waals surface area contributed by atoms with Gasteiger partial charge in [0.25, 0.3) is 0 Å². The molecule has 0 bridgehead atoms. The minimum Gasteiger partial charge on any atom is -0.382 e. The van der Waals surface area contributed by atoms with Crippen LogP contribution in [0.2, 0.25) is 0 Å². The van der Waals surface area contributed by atoms with Crippen molar-refractivity contribution in [3.05, 3.63) is 41.6 Å². The molecule has 0 radical (unpaired) electrons. The van der Waals surface area contributed by atoms with Crippen molar-refractivity contribution >= 4 is 35.8 Å². The molecule has 0 saturated carbocycles. The number of anilines is 1. The first kappa shape index (κ1) is 21.8. The molecule has 1 heterocycles. The number of guanidine groups is 1. The second-order valence-corrected chi connectivity index (χ2v) is 5.97. The predicted molar refractivity (Wildman–Crippen MR) is 116 cm³/mol. The molecule has 2 aromatic rings. The summed E-state index contributed by atoms with van der Waals surface area (Å²) in [7, 11) is 1.74. The Morgan fingerprint density at radius 3 is 2.62 bits per heavy atom. The first-order valence-electron chi connectivity index (χ1n) is 8.37. The number of aliphatic imine (C=N–C) groups is 1. The number of rotatable bonds is 6. The van der Waals surface area contributed by atoms with Gasteiger partial charge in [-0.05, 0) is 38.8 Å². The highest BCUT2D eigenvalue weighted by molar-refractivity contribution is 14.0. The molecule has 2 rings (SSSR count). The summed E-state index contributed by atoms with van der Waals surface area (Å²) in [6, 6.07) is 12.1. The van der Waals surface area contributed by atoms with Crippen molar-refractivity contribution in [2.24, 2.45) is 4.99 Å². The number of hydrogen-bond donors (Lipinski definition) is 3. The number of hydrogen-bond acceptors (Lipinski definition) is 4. The number of aromatic nitrogens is 2. The largest absolute Gasteiger partial charge is 0.382 e. The van der Waals surface area contributed by atoms with Crippen molar-refractivity contribution in [2.45, 2.75) is 32.7 Å². The highest BCUT2D eigenvalue weighted by Crippen LogP contribution is 2.21. The second-order valence-electron chi connectivity index (χ2n) is 5.97. The second kappa shape index (κ2) is 10.7. The number of aryl methyl sites for hydroxylation is 1. The lowest BCUT2D eigenvalue weighted by atomic mass is 10.1. The zero-order valence-electron chi connectivity index (χ0n) is 15.4. The Bertz CT molecular complexity index is 760. The van der Waals surface area contributed by atoms with E-state index in [0.717, 1.165) is 30.3 Å². The van der Waals surface area contributed by atoms with Gasteiger partial charge in [-0.2, -0.15) is 10.4 Å². The molecule has 0 fully saturated rings. The third-order valence-electron chi connectivity index (χ3n) is 3.64. The molecule has 4 N–H and O–H groups in total. The number of nitrogens with zero attached hydrogens (tertiary/aromatic N) is 4. The van der Waals surface area contributed by atoms with Crippen molar-refractivity contribution in [3.8, 4) is 11.8 Å². The summed E-state index contributed by atoms with van der Waals surface area (Å²) in [5.74, 6) is 1.15. The van der Waals surface area contributed by atoms with Crippen LogP contribution in [0, 0.1) is 11.3 Å². The summed E-state index contributed by atoms with van der Waals surface area (Å²) in [6.07, 6.45) is 1.48. The van der Waals surface area contributed by atoms with Crippen LogP contribution in [-0.2, 0) is 6.42 Å². The molecule has 0 aliphatic carbocycles. The monoisotopic (exact) mass is 467 g/mol. The molecule has 8 heteroatoms. The summed E-state index contributed by atoms with van der Waals surface area (Å²) >= 11 is 0. The van der Waals surface area contributed by atoms with Crippen LogP contribution in [0.25, 0.3) is 5.69 Å². The van der Waals surface area contributed by atoms with Gasteiger partial charge in [0, 0.05) is 19.6 Å². The molecule has 1 aromatic heterocycles. The maximum atomic E-state index is 9.41. The minimum atomic E-state index is 0. The van der Waals surface area contributed by atoms with E-state index in [2.05, 4.69) is 40.6 Å². The fourth-order valence-corrected chi connectivity index (χ4v) is 2.47. The molecular weight excluding hydrogens is 441 g/mol. The number of nitrogens with one attached hydrogen (secondary N) is 2. The molecule has 0 amide bonds. The maximum Gasteiger partial charge on any atom is 0.191 e. The van der Waals surface area contributed by atoms with Gasteiger partial charge in [0.05, 0.1) is 11.4 Å². The van der Waals surface area contributed by atoms with Gasteiger partial charge in [-0.1, -0.05) is 18.2 Å². The van der Waals surface area contributed by atoms with Crippen LogP contribution >= 0.6 is 24.0 Å². The summed E-state index contributed by atoms with van der Waals surface area (Å²) in [4.78, 5) is 4.17. The van der Waals surface area contributed by atoms with Crippen LogP contribution in [0.4, 0.5) is 5.82 Å². The zero-order chi connectivity index (χ0) is 18.2. The highest BCUT2D eigenvalue weighted by Gasteiger charge is 2.16. The van der Waals surface area contributed by atoms with E-state index >= 15 is 0 Å². The topological polar surface area (TPSA) is 104 Å². The summed E-state index contributed by atoms with van der Waals surface area (Å²) in [5, 5.41) is 20.4. The lowest BCUT2D eigenvalue weighted by molar-refractivity contribution is 0.680. The molecule has 0 saturated heterocycles. The van der Waals surface area contributed by atoms with E-state index < -0.39 is 0 Å². The van der Waals surface area contributed by atoms with Gasteiger partial charge in [-0.25, -0.2) is 4.68 Å². The normalized spacial score (nSPS) is 11.0. The lowest BCUT2D eigenvalue weighted by Gasteiger charge is -2.14. The van der Waals surface area contributed by atoms with Gasteiger partial charge >= 0.3 is 0 Å². The van der Waals surface area contributed by atoms with E-state index in [-0.39, 0.29) is 24.0 Å². The Balaban J connectivity index is 0.00000338. The van der Waals surface area contributed by atoms with Gasteiger partial charge in [0.2, 0.25) is 0 Å². The van der Waals surface area contributed by atoms with Gasteiger partial charge in [0.15, 0.2) is 5.96 Å². The fourth-order valence-electron chi connectivity index (χ4n) is 2.47.